The molecular weight excluding hydrogens is 338 g/mol. The molecule has 0 saturated carbocycles. The molecule has 1 amide bonds. The Bertz CT molecular complexity index is 874. The normalized spacial score (nSPS) is 16.0. The number of nitrogens with zero attached hydrogens (tertiary/aromatic N) is 1. The standard InChI is InChI=1S/C19H17NO6/c1-11-2-7-14-15(8-11)26-16(9-17(21)22)18(23)20(14)10-12-3-5-13(6-4-12)19(24)25/h2-8,16H,9-10H2,1H3,(H,21,22)(H,24,25). The van der Waals surface area contributed by atoms with E-state index in [1.165, 1.54) is 17.0 Å². The Kier molecular flexibility index (Phi) is 4.62. The van der Waals surface area contributed by atoms with Gasteiger partial charge in [0, 0.05) is 0 Å². The van der Waals surface area contributed by atoms with E-state index in [2.05, 4.69) is 0 Å². The number of fused-ring (bicyclic) bond motifs is 1. The van der Waals surface area contributed by atoms with Gasteiger partial charge in [0.25, 0.3) is 5.91 Å². The molecule has 134 valence electrons. The minimum atomic E-state index is -1.12. The monoisotopic (exact) mass is 355 g/mol. The third-order valence-corrected chi connectivity index (χ3v) is 4.12. The molecule has 1 heterocycles. The third kappa shape index (κ3) is 3.51. The zero-order chi connectivity index (χ0) is 18.8. The van der Waals surface area contributed by atoms with Crippen molar-refractivity contribution in [2.45, 2.75) is 26.0 Å². The first-order valence-electron chi connectivity index (χ1n) is 7.98. The van der Waals surface area contributed by atoms with Gasteiger partial charge in [0.2, 0.25) is 0 Å². The number of carbonyl (C=O) groups is 3. The van der Waals surface area contributed by atoms with Gasteiger partial charge in [0.15, 0.2) is 6.10 Å². The van der Waals surface area contributed by atoms with Crippen molar-refractivity contribution in [3.8, 4) is 5.75 Å². The molecule has 26 heavy (non-hydrogen) atoms. The van der Waals surface area contributed by atoms with E-state index in [0.717, 1.165) is 11.1 Å². The van der Waals surface area contributed by atoms with E-state index in [9.17, 15) is 14.4 Å². The minimum absolute atomic E-state index is 0.154. The van der Waals surface area contributed by atoms with Crippen molar-refractivity contribution >= 4 is 23.5 Å². The van der Waals surface area contributed by atoms with Crippen LogP contribution in [-0.2, 0) is 16.1 Å². The van der Waals surface area contributed by atoms with Crippen molar-refractivity contribution in [2.75, 3.05) is 4.90 Å². The van der Waals surface area contributed by atoms with E-state index in [-0.39, 0.29) is 12.1 Å². The molecule has 2 aromatic carbocycles. The molecule has 2 N–H and O–H groups in total. The maximum Gasteiger partial charge on any atom is 0.335 e. The van der Waals surface area contributed by atoms with Crippen molar-refractivity contribution in [3.63, 3.8) is 0 Å². The van der Waals surface area contributed by atoms with Crippen LogP contribution >= 0.6 is 0 Å². The second kappa shape index (κ2) is 6.87. The predicted octanol–water partition coefficient (Wildman–Crippen LogP) is 2.46. The summed E-state index contributed by atoms with van der Waals surface area (Å²) in [5.74, 6) is -2.13. The summed E-state index contributed by atoms with van der Waals surface area (Å²) in [4.78, 5) is 36.2. The van der Waals surface area contributed by atoms with Gasteiger partial charge in [-0.15, -0.1) is 0 Å². The number of aromatic carboxylic acids is 1. The Hall–Kier alpha value is -3.35. The molecule has 1 unspecified atom stereocenters. The summed E-state index contributed by atoms with van der Waals surface area (Å²) in [6, 6.07) is 11.6. The summed E-state index contributed by atoms with van der Waals surface area (Å²) >= 11 is 0. The van der Waals surface area contributed by atoms with Crippen molar-refractivity contribution in [1.82, 2.24) is 0 Å². The minimum Gasteiger partial charge on any atom is -0.481 e. The van der Waals surface area contributed by atoms with Crippen LogP contribution in [0, 0.1) is 6.92 Å². The largest absolute Gasteiger partial charge is 0.481 e. The molecule has 7 nitrogen and oxygen atoms in total. The van der Waals surface area contributed by atoms with E-state index >= 15 is 0 Å². The van der Waals surface area contributed by atoms with Crippen LogP contribution in [0.4, 0.5) is 5.69 Å². The molecule has 0 spiro atoms. The lowest BCUT2D eigenvalue weighted by Gasteiger charge is -2.34. The van der Waals surface area contributed by atoms with Crippen molar-refractivity contribution in [1.29, 1.82) is 0 Å². The highest BCUT2D eigenvalue weighted by Gasteiger charge is 2.35. The number of ether oxygens (including phenoxy) is 1. The number of carbonyl (C=O) groups excluding carboxylic acids is 1. The van der Waals surface area contributed by atoms with Crippen LogP contribution in [0.1, 0.15) is 27.9 Å². The van der Waals surface area contributed by atoms with Gasteiger partial charge in [0.1, 0.15) is 5.75 Å². The number of carboxylic acid groups (broad SMARTS) is 2. The van der Waals surface area contributed by atoms with Crippen LogP contribution in [0.25, 0.3) is 0 Å². The first-order chi connectivity index (χ1) is 12.3. The second-order valence-corrected chi connectivity index (χ2v) is 6.10. The summed E-state index contributed by atoms with van der Waals surface area (Å²) in [7, 11) is 0. The van der Waals surface area contributed by atoms with Gasteiger partial charge in [-0.25, -0.2) is 4.79 Å². The maximum atomic E-state index is 12.7. The Labute approximate surface area is 149 Å². The zero-order valence-electron chi connectivity index (χ0n) is 14.0. The molecule has 0 fully saturated rings. The number of carboxylic acids is 2. The van der Waals surface area contributed by atoms with Crippen molar-refractivity contribution in [3.05, 3.63) is 59.2 Å². The van der Waals surface area contributed by atoms with E-state index in [1.807, 2.05) is 13.0 Å². The lowest BCUT2D eigenvalue weighted by atomic mass is 10.1. The van der Waals surface area contributed by atoms with Crippen LogP contribution < -0.4 is 9.64 Å². The quantitative estimate of drug-likeness (QED) is 0.854. The Morgan fingerprint density at radius 1 is 1.12 bits per heavy atom. The molecule has 0 aliphatic carbocycles. The third-order valence-electron chi connectivity index (χ3n) is 4.12. The molecule has 0 radical (unpaired) electrons. The van der Waals surface area contributed by atoms with E-state index in [0.29, 0.717) is 11.4 Å². The lowest BCUT2D eigenvalue weighted by Crippen LogP contribution is -2.46. The van der Waals surface area contributed by atoms with Crippen molar-refractivity contribution in [2.24, 2.45) is 0 Å². The van der Waals surface area contributed by atoms with Crippen LogP contribution in [0.5, 0.6) is 5.75 Å². The summed E-state index contributed by atoms with van der Waals surface area (Å²) in [5, 5.41) is 18.0. The zero-order valence-corrected chi connectivity index (χ0v) is 14.0. The second-order valence-electron chi connectivity index (χ2n) is 6.10. The fourth-order valence-electron chi connectivity index (χ4n) is 2.82. The number of aliphatic carboxylic acids is 1. The smallest absolute Gasteiger partial charge is 0.335 e. The van der Waals surface area contributed by atoms with E-state index < -0.39 is 30.4 Å². The highest BCUT2D eigenvalue weighted by atomic mass is 16.5. The number of hydrogen-bond acceptors (Lipinski definition) is 4. The molecule has 1 atom stereocenters. The van der Waals surface area contributed by atoms with Crippen molar-refractivity contribution < 1.29 is 29.3 Å². The first-order valence-corrected chi connectivity index (χ1v) is 7.98. The SMILES string of the molecule is Cc1ccc2c(c1)OC(CC(=O)O)C(=O)N2Cc1ccc(C(=O)O)cc1. The van der Waals surface area contributed by atoms with Crippen LogP contribution in [-0.4, -0.2) is 34.2 Å². The molecule has 2 aromatic rings. The number of rotatable bonds is 5. The fraction of sp³-hybridized carbons (Fsp3) is 0.211. The highest BCUT2D eigenvalue weighted by molar-refractivity contribution is 6.01. The van der Waals surface area contributed by atoms with E-state index in [4.69, 9.17) is 14.9 Å². The molecule has 0 saturated heterocycles. The lowest BCUT2D eigenvalue weighted by molar-refractivity contribution is -0.142. The Morgan fingerprint density at radius 3 is 2.42 bits per heavy atom. The Morgan fingerprint density at radius 2 is 1.81 bits per heavy atom. The van der Waals surface area contributed by atoms with Crippen LogP contribution in [0.2, 0.25) is 0 Å². The molecule has 7 heteroatoms. The summed E-state index contributed by atoms with van der Waals surface area (Å²) in [5.41, 5.74) is 2.37. The number of anilines is 1. The molecule has 0 bridgehead atoms. The number of benzene rings is 2. The number of hydrogen-bond donors (Lipinski definition) is 2. The molecule has 1 aliphatic heterocycles. The van der Waals surface area contributed by atoms with Crippen LogP contribution in [0.15, 0.2) is 42.5 Å². The Balaban J connectivity index is 1.93. The molecule has 3 rings (SSSR count). The van der Waals surface area contributed by atoms with Crippen LogP contribution in [0.3, 0.4) is 0 Å². The topological polar surface area (TPSA) is 104 Å². The summed E-state index contributed by atoms with van der Waals surface area (Å²) in [6.07, 6.45) is -1.53. The van der Waals surface area contributed by atoms with E-state index in [1.54, 1.807) is 24.3 Å². The average Bonchev–Trinajstić information content (AvgIpc) is 2.58. The molecule has 1 aliphatic rings. The van der Waals surface area contributed by atoms with Gasteiger partial charge in [-0.3, -0.25) is 9.59 Å². The number of aryl methyl sites for hydroxylation is 1. The van der Waals surface area contributed by atoms with Gasteiger partial charge in [0.05, 0.1) is 24.2 Å². The van der Waals surface area contributed by atoms with Gasteiger partial charge < -0.3 is 19.8 Å². The van der Waals surface area contributed by atoms with Gasteiger partial charge in [-0.05, 0) is 42.3 Å². The van der Waals surface area contributed by atoms with Gasteiger partial charge >= 0.3 is 11.9 Å². The molecule has 0 aromatic heterocycles. The van der Waals surface area contributed by atoms with Gasteiger partial charge in [-0.2, -0.15) is 0 Å². The summed E-state index contributed by atoms with van der Waals surface area (Å²) < 4.78 is 5.60. The highest BCUT2D eigenvalue weighted by Crippen LogP contribution is 2.36. The number of amides is 1. The fourth-order valence-corrected chi connectivity index (χ4v) is 2.82. The predicted molar refractivity (Wildman–Crippen MR) is 92.4 cm³/mol. The van der Waals surface area contributed by atoms with Gasteiger partial charge in [-0.1, -0.05) is 18.2 Å². The average molecular weight is 355 g/mol. The first kappa shape index (κ1) is 17.5. The maximum absolute atomic E-state index is 12.7. The molecular formula is C19H17NO6. The summed E-state index contributed by atoms with van der Waals surface area (Å²) in [6.45, 7) is 2.06.